The van der Waals surface area contributed by atoms with Gasteiger partial charge in [-0.15, -0.1) is 0 Å². The van der Waals surface area contributed by atoms with E-state index in [0.29, 0.717) is 6.42 Å². The molecule has 1 N–H and O–H groups in total. The van der Waals surface area contributed by atoms with Crippen LogP contribution in [0.1, 0.15) is 11.1 Å². The first-order valence-electron chi connectivity index (χ1n) is 6.13. The van der Waals surface area contributed by atoms with Crippen molar-refractivity contribution in [2.75, 3.05) is 0 Å². The van der Waals surface area contributed by atoms with Crippen molar-refractivity contribution >= 4 is 5.97 Å². The van der Waals surface area contributed by atoms with Gasteiger partial charge in [0.05, 0.1) is 0 Å². The Morgan fingerprint density at radius 1 is 1.11 bits per heavy atom. The zero-order valence-corrected chi connectivity index (χ0v) is 10.9. The predicted octanol–water partition coefficient (Wildman–Crippen LogP) is 3.85. The van der Waals surface area contributed by atoms with Crippen LogP contribution in [-0.4, -0.2) is 11.1 Å². The van der Waals surface area contributed by atoms with Crippen LogP contribution >= 0.6 is 0 Å². The molecule has 2 rings (SSSR count). The molecule has 0 unspecified atom stereocenters. The van der Waals surface area contributed by atoms with Crippen molar-refractivity contribution in [3.8, 4) is 11.1 Å². The van der Waals surface area contributed by atoms with E-state index in [2.05, 4.69) is 31.7 Å². The molecule has 0 radical (unpaired) electrons. The number of hydrogen-bond donors (Lipinski definition) is 1. The normalized spacial score (nSPS) is 10.2. The first-order valence-corrected chi connectivity index (χ1v) is 6.13. The summed E-state index contributed by atoms with van der Waals surface area (Å²) in [6.07, 6.45) is 0.378. The monoisotopic (exact) mass is 252 g/mol. The van der Waals surface area contributed by atoms with E-state index in [-0.39, 0.29) is 5.57 Å². The minimum atomic E-state index is -0.942. The van der Waals surface area contributed by atoms with Gasteiger partial charge in [-0.3, -0.25) is 0 Å². The molecular formula is C17H16O2. The van der Waals surface area contributed by atoms with Gasteiger partial charge >= 0.3 is 5.97 Å². The fourth-order valence-corrected chi connectivity index (χ4v) is 1.96. The second-order valence-electron chi connectivity index (χ2n) is 4.65. The molecule has 0 atom stereocenters. The summed E-state index contributed by atoms with van der Waals surface area (Å²) >= 11 is 0. The van der Waals surface area contributed by atoms with Crippen LogP contribution in [0.5, 0.6) is 0 Å². The predicted molar refractivity (Wildman–Crippen MR) is 77.1 cm³/mol. The molecule has 0 saturated heterocycles. The second-order valence-corrected chi connectivity index (χ2v) is 4.65. The summed E-state index contributed by atoms with van der Waals surface area (Å²) in [5.41, 5.74) is 4.70. The molecule has 96 valence electrons. The standard InChI is InChI=1S/C17H16O2/c1-12-4-3-5-16(10-12)15-8-6-14(7-9-15)11-13(2)17(18)19/h3-10H,2,11H2,1H3,(H,18,19). The van der Waals surface area contributed by atoms with E-state index in [4.69, 9.17) is 5.11 Å². The molecule has 0 fully saturated rings. The summed E-state index contributed by atoms with van der Waals surface area (Å²) in [4.78, 5) is 10.7. The highest BCUT2D eigenvalue weighted by Crippen LogP contribution is 2.21. The maximum atomic E-state index is 10.7. The Kier molecular flexibility index (Phi) is 3.81. The molecule has 0 heterocycles. The Hall–Kier alpha value is -2.35. The van der Waals surface area contributed by atoms with E-state index in [0.717, 1.165) is 11.1 Å². The van der Waals surface area contributed by atoms with Crippen LogP contribution in [0.2, 0.25) is 0 Å². The maximum Gasteiger partial charge on any atom is 0.331 e. The Balaban J connectivity index is 2.19. The Bertz CT molecular complexity index is 609. The summed E-state index contributed by atoms with van der Waals surface area (Å²) in [6, 6.07) is 16.2. The van der Waals surface area contributed by atoms with Gasteiger partial charge in [-0.2, -0.15) is 0 Å². The number of rotatable bonds is 4. The van der Waals surface area contributed by atoms with E-state index in [1.165, 1.54) is 11.1 Å². The summed E-state index contributed by atoms with van der Waals surface area (Å²) < 4.78 is 0. The molecule has 0 aliphatic rings. The van der Waals surface area contributed by atoms with Crippen molar-refractivity contribution in [3.05, 3.63) is 71.8 Å². The molecule has 2 nitrogen and oxygen atoms in total. The summed E-state index contributed by atoms with van der Waals surface area (Å²) in [6.45, 7) is 5.61. The Morgan fingerprint density at radius 2 is 1.79 bits per heavy atom. The van der Waals surface area contributed by atoms with Crippen molar-refractivity contribution in [3.63, 3.8) is 0 Å². The molecule has 2 aromatic carbocycles. The van der Waals surface area contributed by atoms with Crippen LogP contribution in [0.3, 0.4) is 0 Å². The van der Waals surface area contributed by atoms with Crippen LogP contribution in [-0.2, 0) is 11.2 Å². The number of carbonyl (C=O) groups is 1. The average molecular weight is 252 g/mol. The number of aliphatic carboxylic acids is 1. The molecule has 0 amide bonds. The topological polar surface area (TPSA) is 37.3 Å². The molecule has 0 saturated carbocycles. The van der Waals surface area contributed by atoms with Crippen LogP contribution in [0.25, 0.3) is 11.1 Å². The third-order valence-corrected chi connectivity index (χ3v) is 3.03. The summed E-state index contributed by atoms with van der Waals surface area (Å²) in [5, 5.41) is 8.81. The van der Waals surface area contributed by atoms with Crippen molar-refractivity contribution < 1.29 is 9.90 Å². The van der Waals surface area contributed by atoms with E-state index in [1.807, 2.05) is 30.3 Å². The minimum absolute atomic E-state index is 0.211. The highest BCUT2D eigenvalue weighted by molar-refractivity contribution is 5.86. The van der Waals surface area contributed by atoms with Gasteiger partial charge in [-0.1, -0.05) is 60.7 Å². The fraction of sp³-hybridized carbons (Fsp3) is 0.118. The van der Waals surface area contributed by atoms with Crippen LogP contribution in [0.4, 0.5) is 0 Å². The number of benzene rings is 2. The number of hydrogen-bond acceptors (Lipinski definition) is 1. The second kappa shape index (κ2) is 5.53. The van der Waals surface area contributed by atoms with Crippen LogP contribution in [0, 0.1) is 6.92 Å². The van der Waals surface area contributed by atoms with E-state index >= 15 is 0 Å². The lowest BCUT2D eigenvalue weighted by Crippen LogP contribution is -2.01. The lowest BCUT2D eigenvalue weighted by Gasteiger charge is -2.05. The smallest absolute Gasteiger partial charge is 0.331 e. The lowest BCUT2D eigenvalue weighted by molar-refractivity contribution is -0.132. The van der Waals surface area contributed by atoms with Gasteiger partial charge in [-0.05, 0) is 23.6 Å². The summed E-state index contributed by atoms with van der Waals surface area (Å²) in [5.74, 6) is -0.942. The molecular weight excluding hydrogens is 236 g/mol. The van der Waals surface area contributed by atoms with Gasteiger partial charge < -0.3 is 5.11 Å². The van der Waals surface area contributed by atoms with E-state index in [9.17, 15) is 4.79 Å². The van der Waals surface area contributed by atoms with Gasteiger partial charge in [0.25, 0.3) is 0 Å². The van der Waals surface area contributed by atoms with E-state index < -0.39 is 5.97 Å². The quantitative estimate of drug-likeness (QED) is 0.839. The highest BCUT2D eigenvalue weighted by Gasteiger charge is 2.05. The SMILES string of the molecule is C=C(Cc1ccc(-c2cccc(C)c2)cc1)C(=O)O. The van der Waals surface area contributed by atoms with Gasteiger partial charge in [0.1, 0.15) is 0 Å². The maximum absolute atomic E-state index is 10.7. The molecule has 0 spiro atoms. The number of carboxylic acid groups (broad SMARTS) is 1. The molecule has 0 bridgehead atoms. The first-order chi connectivity index (χ1) is 9.06. The molecule has 2 aromatic rings. The fourth-order valence-electron chi connectivity index (χ4n) is 1.96. The first kappa shape index (κ1) is 13.1. The molecule has 2 heteroatoms. The minimum Gasteiger partial charge on any atom is -0.478 e. The third kappa shape index (κ3) is 3.32. The van der Waals surface area contributed by atoms with Crippen molar-refractivity contribution in [1.82, 2.24) is 0 Å². The zero-order valence-electron chi connectivity index (χ0n) is 10.9. The lowest BCUT2D eigenvalue weighted by atomic mass is 10.00. The summed E-state index contributed by atoms with van der Waals surface area (Å²) in [7, 11) is 0. The largest absolute Gasteiger partial charge is 0.478 e. The van der Waals surface area contributed by atoms with Gasteiger partial charge in [-0.25, -0.2) is 4.79 Å². The highest BCUT2D eigenvalue weighted by atomic mass is 16.4. The number of carboxylic acids is 1. The number of aryl methyl sites for hydroxylation is 1. The Labute approximate surface area is 113 Å². The van der Waals surface area contributed by atoms with Gasteiger partial charge in [0.2, 0.25) is 0 Å². The van der Waals surface area contributed by atoms with Crippen LogP contribution < -0.4 is 0 Å². The van der Waals surface area contributed by atoms with Crippen molar-refractivity contribution in [2.24, 2.45) is 0 Å². The zero-order chi connectivity index (χ0) is 13.8. The molecule has 0 aromatic heterocycles. The van der Waals surface area contributed by atoms with Crippen molar-refractivity contribution in [1.29, 1.82) is 0 Å². The Morgan fingerprint density at radius 3 is 2.37 bits per heavy atom. The van der Waals surface area contributed by atoms with Crippen LogP contribution in [0.15, 0.2) is 60.7 Å². The van der Waals surface area contributed by atoms with Gasteiger partial charge in [0, 0.05) is 12.0 Å². The van der Waals surface area contributed by atoms with E-state index in [1.54, 1.807) is 0 Å². The average Bonchev–Trinajstić information content (AvgIpc) is 2.39. The third-order valence-electron chi connectivity index (χ3n) is 3.03. The molecule has 0 aliphatic carbocycles. The van der Waals surface area contributed by atoms with Gasteiger partial charge in [0.15, 0.2) is 0 Å². The van der Waals surface area contributed by atoms with Crippen molar-refractivity contribution in [2.45, 2.75) is 13.3 Å². The molecule has 19 heavy (non-hydrogen) atoms. The molecule has 0 aliphatic heterocycles.